The fourth-order valence-corrected chi connectivity index (χ4v) is 6.72. The monoisotopic (exact) mass is 659 g/mol. The van der Waals surface area contributed by atoms with Crippen LogP contribution in [0.25, 0.3) is 0 Å². The molecule has 7 aliphatic rings. The van der Waals surface area contributed by atoms with Crippen LogP contribution in [0.3, 0.4) is 0 Å². The van der Waals surface area contributed by atoms with Crippen LogP contribution in [-0.4, -0.2) is 199 Å². The lowest BCUT2D eigenvalue weighted by Crippen LogP contribution is -2.73. The maximum atomic E-state index is 11.1. The van der Waals surface area contributed by atoms with Crippen molar-refractivity contribution in [1.29, 1.82) is 0 Å². The van der Waals surface area contributed by atoms with Gasteiger partial charge in [-0.15, -0.1) is 0 Å². The predicted octanol–water partition coefficient (Wildman–Crippen LogP) is -8.69. The van der Waals surface area contributed by atoms with Gasteiger partial charge in [0.1, 0.15) is 85.5 Å². The number of epoxide rings is 1. The van der Waals surface area contributed by atoms with E-state index in [-0.39, 0.29) is 13.2 Å². The van der Waals surface area contributed by atoms with Crippen molar-refractivity contribution in [2.75, 3.05) is 26.4 Å². The van der Waals surface area contributed by atoms with Crippen molar-refractivity contribution < 1.29 is 98.4 Å². The van der Waals surface area contributed by atoms with E-state index in [9.17, 15) is 51.1 Å². The Labute approximate surface area is 253 Å². The van der Waals surface area contributed by atoms with Crippen LogP contribution in [-0.2, 0) is 47.4 Å². The average Bonchev–Trinajstić information content (AvgIpc) is 3.32. The molecule has 20 atom stereocenters. The first-order chi connectivity index (χ1) is 21.3. The first-order valence-electron chi connectivity index (χ1n) is 14.4. The number of ether oxygens (including phenoxy) is 10. The third-order valence-corrected chi connectivity index (χ3v) is 9.34. The van der Waals surface area contributed by atoms with Gasteiger partial charge in [0, 0.05) is 0 Å². The largest absolute Gasteiger partial charge is 0.394 e. The molecule has 7 rings (SSSR count). The van der Waals surface area contributed by atoms with Crippen LogP contribution >= 0.6 is 0 Å². The number of fused-ring (bicyclic) bond motifs is 5. The van der Waals surface area contributed by atoms with Crippen LogP contribution in [0.4, 0.5) is 0 Å². The maximum Gasteiger partial charge on any atom is 0.349 e. The normalized spacial score (nSPS) is 60.5. The predicted molar refractivity (Wildman–Crippen MR) is 129 cm³/mol. The number of hydrogen-bond donors (Lipinski definition) is 11. The minimum Gasteiger partial charge on any atom is -0.394 e. The minimum absolute atomic E-state index is 0.0348. The summed E-state index contributed by atoms with van der Waals surface area (Å²) in [5.41, 5.74) is 2.86. The van der Waals surface area contributed by atoms with Crippen molar-refractivity contribution in [3.63, 3.8) is 0 Å². The van der Waals surface area contributed by atoms with Gasteiger partial charge in [-0.05, 0) is 0 Å². The van der Waals surface area contributed by atoms with Gasteiger partial charge >= 0.3 is 11.8 Å². The molecule has 7 heterocycles. The van der Waals surface area contributed by atoms with Gasteiger partial charge in [-0.1, -0.05) is 0 Å². The zero-order valence-corrected chi connectivity index (χ0v) is 23.3. The molecular weight excluding hydrogens is 622 g/mol. The molecule has 0 aromatic heterocycles. The molecule has 0 aromatic carbocycles. The SMILES string of the molecule is N[C@]1(O)[C@H](O)[C@@H](CO)O[C@@]2(O[C@@H]3[C@H]4OC[C@@H]3O[C@@H](O[C@@H]3[C@@H](O)[C@H](O[C@@H]5[C@H]6OC[C@@H]5O[C@@H](O)[C@H]6O)O[C@H](CO)[C@H]3O)[C@H]4O)O[C@@]21O. The number of nitrogens with two attached hydrogens (primary N) is 1. The number of rotatable bonds is 8. The highest BCUT2D eigenvalue weighted by atomic mass is 17.0. The Morgan fingerprint density at radius 3 is 1.96 bits per heavy atom. The molecule has 4 bridgehead atoms. The molecular formula is C24H37NO20. The summed E-state index contributed by atoms with van der Waals surface area (Å²) in [4.78, 5) is 0. The van der Waals surface area contributed by atoms with E-state index in [0.29, 0.717) is 0 Å². The van der Waals surface area contributed by atoms with Gasteiger partial charge in [0.05, 0.1) is 26.4 Å². The zero-order valence-electron chi connectivity index (χ0n) is 23.3. The van der Waals surface area contributed by atoms with Gasteiger partial charge in [0.25, 0.3) is 0 Å². The third-order valence-electron chi connectivity index (χ3n) is 9.34. The van der Waals surface area contributed by atoms with E-state index in [4.69, 9.17) is 53.1 Å². The van der Waals surface area contributed by atoms with E-state index in [1.807, 2.05) is 0 Å². The van der Waals surface area contributed by atoms with Crippen LogP contribution in [0.1, 0.15) is 0 Å². The summed E-state index contributed by atoms with van der Waals surface area (Å²) in [5, 5.41) is 104. The van der Waals surface area contributed by atoms with Crippen molar-refractivity contribution >= 4 is 0 Å². The van der Waals surface area contributed by atoms with E-state index >= 15 is 0 Å². The van der Waals surface area contributed by atoms with Crippen molar-refractivity contribution in [1.82, 2.24) is 0 Å². The molecule has 7 aliphatic heterocycles. The highest BCUT2D eigenvalue weighted by molar-refractivity contribution is 5.16. The Kier molecular flexibility index (Phi) is 8.26. The van der Waals surface area contributed by atoms with Crippen LogP contribution in [0.2, 0.25) is 0 Å². The third kappa shape index (κ3) is 4.82. The van der Waals surface area contributed by atoms with E-state index in [0.717, 1.165) is 0 Å². The quantitative estimate of drug-likeness (QED) is 0.0851. The molecule has 0 aliphatic carbocycles. The molecule has 0 saturated carbocycles. The highest BCUT2D eigenvalue weighted by Crippen LogP contribution is 2.59. The number of hydrogen-bond acceptors (Lipinski definition) is 21. The summed E-state index contributed by atoms with van der Waals surface area (Å²) >= 11 is 0. The van der Waals surface area contributed by atoms with Gasteiger partial charge in [-0.2, -0.15) is 0 Å². The lowest BCUT2D eigenvalue weighted by Gasteiger charge is -2.47. The molecule has 0 spiro atoms. The Morgan fingerprint density at radius 1 is 0.689 bits per heavy atom. The van der Waals surface area contributed by atoms with Crippen molar-refractivity contribution in [2.45, 2.75) is 122 Å². The van der Waals surface area contributed by atoms with Gasteiger partial charge in [-0.25, -0.2) is 0 Å². The topological polar surface area (TPSA) is 324 Å². The minimum atomic E-state index is -2.83. The van der Waals surface area contributed by atoms with Gasteiger partial charge < -0.3 is 93.7 Å². The second-order valence-corrected chi connectivity index (χ2v) is 12.1. The average molecular weight is 660 g/mol. The fourth-order valence-electron chi connectivity index (χ4n) is 6.72. The molecule has 45 heavy (non-hydrogen) atoms. The fraction of sp³-hybridized carbons (Fsp3) is 1.00. The zero-order chi connectivity index (χ0) is 32.2. The molecule has 258 valence electrons. The van der Waals surface area contributed by atoms with E-state index < -0.39 is 135 Å². The van der Waals surface area contributed by atoms with Crippen LogP contribution < -0.4 is 5.73 Å². The molecule has 0 amide bonds. The molecule has 12 N–H and O–H groups in total. The van der Waals surface area contributed by atoms with E-state index in [2.05, 4.69) is 0 Å². The molecule has 21 heteroatoms. The van der Waals surface area contributed by atoms with E-state index in [1.165, 1.54) is 0 Å². The molecule has 0 radical (unpaired) electrons. The Bertz CT molecular complexity index is 1100. The lowest BCUT2D eigenvalue weighted by molar-refractivity contribution is -0.381. The van der Waals surface area contributed by atoms with Gasteiger partial charge in [0.2, 0.25) is 5.72 Å². The van der Waals surface area contributed by atoms with Gasteiger partial charge in [0.15, 0.2) is 18.9 Å². The van der Waals surface area contributed by atoms with Crippen molar-refractivity contribution in [3.05, 3.63) is 0 Å². The standard InChI is InChI=1S/C24H37NO20/c25-22(34)18(32)6(2-27)43-24(23(22,35)45-24)44-14-8-4-37-17(14)12(31)21(40-8)42-15-9(28)5(1-26)39-20(11(15)30)41-13-7-3-36-16(13)10(29)19(33)38-7/h5-21,26-35H,1-4,25H2/t5-,6-,7+,8+,9-,10+,11-,12+,13+,14+,15+,16+,17+,18-,19-,20+,21+,22+,23-,24+/m1/s1. The number of aliphatic hydroxyl groups excluding tert-OH is 8. The second-order valence-electron chi connectivity index (χ2n) is 12.1. The molecule has 7 fully saturated rings. The molecule has 0 aromatic rings. The summed E-state index contributed by atoms with van der Waals surface area (Å²) in [5.74, 6) is -5.24. The lowest BCUT2D eigenvalue weighted by atomic mass is 9.92. The van der Waals surface area contributed by atoms with Crippen LogP contribution in [0.15, 0.2) is 0 Å². The Hall–Kier alpha value is -0.840. The summed E-state index contributed by atoms with van der Waals surface area (Å²) in [6, 6.07) is 0. The second kappa shape index (κ2) is 11.4. The maximum absolute atomic E-state index is 11.1. The van der Waals surface area contributed by atoms with Crippen LogP contribution in [0, 0.1) is 0 Å². The first-order valence-corrected chi connectivity index (χ1v) is 14.4. The first kappa shape index (κ1) is 32.7. The smallest absolute Gasteiger partial charge is 0.349 e. The molecule has 0 unspecified atom stereocenters. The summed E-state index contributed by atoms with van der Waals surface area (Å²) in [6.07, 6.45) is -24.1. The summed E-state index contributed by atoms with van der Waals surface area (Å²) in [6.45, 7) is -1.80. The summed E-state index contributed by atoms with van der Waals surface area (Å²) in [7, 11) is 0. The number of aliphatic hydroxyl groups is 10. The summed E-state index contributed by atoms with van der Waals surface area (Å²) < 4.78 is 55.6. The van der Waals surface area contributed by atoms with Gasteiger partial charge in [-0.3, -0.25) is 10.5 Å². The molecule has 21 nitrogen and oxygen atoms in total. The highest BCUT2D eigenvalue weighted by Gasteiger charge is 2.89. The van der Waals surface area contributed by atoms with E-state index in [1.54, 1.807) is 0 Å². The van der Waals surface area contributed by atoms with Crippen LogP contribution in [0.5, 0.6) is 0 Å². The van der Waals surface area contributed by atoms with Crippen molar-refractivity contribution in [3.8, 4) is 0 Å². The Morgan fingerprint density at radius 2 is 1.29 bits per heavy atom. The Balaban J connectivity index is 1.04. The van der Waals surface area contributed by atoms with Crippen molar-refractivity contribution in [2.24, 2.45) is 5.73 Å². The molecule has 7 saturated heterocycles.